The van der Waals surface area contributed by atoms with E-state index in [1.54, 1.807) is 0 Å². The van der Waals surface area contributed by atoms with Crippen LogP contribution in [0.2, 0.25) is 0 Å². The average Bonchev–Trinajstić information content (AvgIpc) is 2.34. The predicted molar refractivity (Wildman–Crippen MR) is 105 cm³/mol. The second-order valence-electron chi connectivity index (χ2n) is 4.00. The van der Waals surface area contributed by atoms with Crippen molar-refractivity contribution in [3.05, 3.63) is 52.7 Å². The minimum Gasteiger partial charge on any atom is -0.491 e. The number of nitrogens with two attached hydrogens (primary N) is 1. The summed E-state index contributed by atoms with van der Waals surface area (Å²) in [6.07, 6.45) is 0.824. The summed E-state index contributed by atoms with van der Waals surface area (Å²) in [6.45, 7) is 0.640. The molecule has 0 spiro atoms. The standard InChI is InChI=1S/C14H12I3NO/c15-10-7-11(16)14(12(17)8-10)19-6-5-9-3-1-2-4-13(9)18/h1-4,7-8H,5-6,18H2. The summed E-state index contributed by atoms with van der Waals surface area (Å²) in [5.41, 5.74) is 7.89. The molecule has 2 aromatic carbocycles. The van der Waals surface area contributed by atoms with Crippen molar-refractivity contribution < 1.29 is 4.74 Å². The van der Waals surface area contributed by atoms with E-state index in [0.29, 0.717) is 6.61 Å². The summed E-state index contributed by atoms with van der Waals surface area (Å²) in [5, 5.41) is 0. The Bertz CT molecular complexity index is 564. The molecule has 0 saturated carbocycles. The Morgan fingerprint density at radius 2 is 1.63 bits per heavy atom. The van der Waals surface area contributed by atoms with Crippen molar-refractivity contribution in [1.82, 2.24) is 0 Å². The number of para-hydroxylation sites is 1. The van der Waals surface area contributed by atoms with Crippen molar-refractivity contribution in [2.75, 3.05) is 12.3 Å². The van der Waals surface area contributed by atoms with Gasteiger partial charge in [0.15, 0.2) is 0 Å². The van der Waals surface area contributed by atoms with Gasteiger partial charge in [0.1, 0.15) is 5.75 Å². The van der Waals surface area contributed by atoms with E-state index in [1.165, 1.54) is 3.57 Å². The van der Waals surface area contributed by atoms with Gasteiger partial charge in [0.25, 0.3) is 0 Å². The summed E-state index contributed by atoms with van der Waals surface area (Å²) >= 11 is 6.94. The number of hydrogen-bond donors (Lipinski definition) is 1. The Morgan fingerprint density at radius 1 is 1.00 bits per heavy atom. The number of halogens is 3. The summed E-state index contributed by atoms with van der Waals surface area (Å²) in [4.78, 5) is 0. The molecule has 0 aliphatic rings. The Morgan fingerprint density at radius 3 is 2.26 bits per heavy atom. The Labute approximate surface area is 153 Å². The van der Waals surface area contributed by atoms with Crippen molar-refractivity contribution in [1.29, 1.82) is 0 Å². The minimum atomic E-state index is 0.640. The molecule has 0 atom stereocenters. The van der Waals surface area contributed by atoms with E-state index in [2.05, 4.69) is 79.9 Å². The van der Waals surface area contributed by atoms with E-state index < -0.39 is 0 Å². The maximum atomic E-state index is 5.92. The van der Waals surface area contributed by atoms with E-state index in [9.17, 15) is 0 Å². The maximum Gasteiger partial charge on any atom is 0.146 e. The van der Waals surface area contributed by atoms with Crippen LogP contribution in [-0.2, 0) is 6.42 Å². The molecule has 0 amide bonds. The van der Waals surface area contributed by atoms with E-state index in [4.69, 9.17) is 10.5 Å². The highest BCUT2D eigenvalue weighted by atomic mass is 127. The molecule has 0 aliphatic heterocycles. The van der Waals surface area contributed by atoms with Crippen LogP contribution in [0.5, 0.6) is 5.75 Å². The molecule has 0 bridgehead atoms. The molecule has 2 N–H and O–H groups in total. The van der Waals surface area contributed by atoms with Gasteiger partial charge in [0.05, 0.1) is 13.7 Å². The topological polar surface area (TPSA) is 35.2 Å². The van der Waals surface area contributed by atoms with Crippen molar-refractivity contribution in [3.63, 3.8) is 0 Å². The zero-order valence-corrected chi connectivity index (χ0v) is 16.5. The first kappa shape index (κ1) is 15.6. The predicted octanol–water partition coefficient (Wildman–Crippen LogP) is 4.70. The summed E-state index contributed by atoms with van der Waals surface area (Å²) in [7, 11) is 0. The zero-order chi connectivity index (χ0) is 13.8. The van der Waals surface area contributed by atoms with Crippen molar-refractivity contribution >= 4 is 73.5 Å². The van der Waals surface area contributed by atoms with Gasteiger partial charge >= 0.3 is 0 Å². The summed E-state index contributed by atoms with van der Waals surface area (Å²) in [6, 6.07) is 12.2. The van der Waals surface area contributed by atoms with Gasteiger partial charge in [0, 0.05) is 15.7 Å². The zero-order valence-electron chi connectivity index (χ0n) is 10.00. The molecule has 0 unspecified atom stereocenters. The van der Waals surface area contributed by atoms with Gasteiger partial charge in [-0.3, -0.25) is 0 Å². The number of ether oxygens (including phenoxy) is 1. The monoisotopic (exact) mass is 591 g/mol. The maximum absolute atomic E-state index is 5.92. The van der Waals surface area contributed by atoms with Gasteiger partial charge in [-0.25, -0.2) is 0 Å². The smallest absolute Gasteiger partial charge is 0.146 e. The first-order valence-electron chi connectivity index (χ1n) is 5.68. The van der Waals surface area contributed by atoms with Crippen LogP contribution < -0.4 is 10.5 Å². The Hall–Kier alpha value is 0.230. The Kier molecular flexibility index (Phi) is 6.00. The van der Waals surface area contributed by atoms with Gasteiger partial charge < -0.3 is 10.5 Å². The first-order valence-corrected chi connectivity index (χ1v) is 8.92. The molecule has 5 heteroatoms. The van der Waals surface area contributed by atoms with Crippen LogP contribution in [0.25, 0.3) is 0 Å². The number of benzene rings is 2. The van der Waals surface area contributed by atoms with Gasteiger partial charge in [-0.1, -0.05) is 18.2 Å². The third kappa shape index (κ3) is 4.35. The van der Waals surface area contributed by atoms with Gasteiger partial charge in [-0.05, 0) is 91.5 Å². The molecular weight excluding hydrogens is 579 g/mol. The second kappa shape index (κ2) is 7.30. The van der Waals surface area contributed by atoms with Crippen LogP contribution in [0.15, 0.2) is 36.4 Å². The number of rotatable bonds is 4. The molecule has 0 heterocycles. The van der Waals surface area contributed by atoms with Crippen LogP contribution in [-0.4, -0.2) is 6.61 Å². The lowest BCUT2D eigenvalue weighted by atomic mass is 10.1. The van der Waals surface area contributed by atoms with Crippen molar-refractivity contribution in [2.24, 2.45) is 0 Å². The molecule has 19 heavy (non-hydrogen) atoms. The molecule has 0 fully saturated rings. The molecule has 2 nitrogen and oxygen atoms in total. The first-order chi connectivity index (χ1) is 9.08. The molecule has 2 rings (SSSR count). The van der Waals surface area contributed by atoms with Crippen molar-refractivity contribution in [2.45, 2.75) is 6.42 Å². The third-order valence-corrected chi connectivity index (χ3v) is 4.86. The fraction of sp³-hybridized carbons (Fsp3) is 0.143. The highest BCUT2D eigenvalue weighted by Gasteiger charge is 2.08. The molecule has 0 aliphatic carbocycles. The number of nitrogen functional groups attached to an aromatic ring is 1. The highest BCUT2D eigenvalue weighted by molar-refractivity contribution is 14.1. The van der Waals surface area contributed by atoms with Gasteiger partial charge in [-0.15, -0.1) is 0 Å². The molecule has 0 radical (unpaired) electrons. The summed E-state index contributed by atoms with van der Waals surface area (Å²) in [5.74, 6) is 0.969. The molecule has 2 aromatic rings. The van der Waals surface area contributed by atoms with Crippen LogP contribution in [0.1, 0.15) is 5.56 Å². The second-order valence-corrected chi connectivity index (χ2v) is 7.57. The minimum absolute atomic E-state index is 0.640. The lowest BCUT2D eigenvalue weighted by Gasteiger charge is -2.11. The van der Waals surface area contributed by atoms with E-state index in [0.717, 1.165) is 30.6 Å². The van der Waals surface area contributed by atoms with Crippen LogP contribution >= 0.6 is 67.8 Å². The number of hydrogen-bond acceptors (Lipinski definition) is 2. The average molecular weight is 591 g/mol. The molecule has 100 valence electrons. The van der Waals surface area contributed by atoms with Crippen LogP contribution in [0, 0.1) is 10.7 Å². The quantitative estimate of drug-likeness (QED) is 0.414. The molecule has 0 aromatic heterocycles. The molecule has 0 saturated heterocycles. The fourth-order valence-electron chi connectivity index (χ4n) is 1.69. The lowest BCUT2D eigenvalue weighted by molar-refractivity contribution is 0.317. The van der Waals surface area contributed by atoms with Crippen LogP contribution in [0.3, 0.4) is 0 Å². The van der Waals surface area contributed by atoms with Crippen LogP contribution in [0.4, 0.5) is 5.69 Å². The normalized spacial score (nSPS) is 10.5. The summed E-state index contributed by atoms with van der Waals surface area (Å²) < 4.78 is 9.43. The van der Waals surface area contributed by atoms with Crippen molar-refractivity contribution in [3.8, 4) is 5.75 Å². The SMILES string of the molecule is Nc1ccccc1CCOc1c(I)cc(I)cc1I. The highest BCUT2D eigenvalue weighted by Crippen LogP contribution is 2.29. The van der Waals surface area contributed by atoms with Gasteiger partial charge in [-0.2, -0.15) is 0 Å². The lowest BCUT2D eigenvalue weighted by Crippen LogP contribution is -2.05. The third-order valence-electron chi connectivity index (χ3n) is 2.64. The Balaban J connectivity index is 2.02. The van der Waals surface area contributed by atoms with E-state index in [-0.39, 0.29) is 0 Å². The molecular formula is C14H12I3NO. The van der Waals surface area contributed by atoms with Gasteiger partial charge in [0.2, 0.25) is 0 Å². The number of anilines is 1. The van der Waals surface area contributed by atoms with E-state index >= 15 is 0 Å². The largest absolute Gasteiger partial charge is 0.491 e. The van der Waals surface area contributed by atoms with E-state index in [1.807, 2.05) is 24.3 Å². The fourth-order valence-corrected chi connectivity index (χ4v) is 5.59.